The van der Waals surface area contributed by atoms with Gasteiger partial charge < -0.3 is 4.90 Å². The molecule has 160 valence electrons. The molecule has 9 heteroatoms. The Labute approximate surface area is 186 Å². The van der Waals surface area contributed by atoms with Crippen molar-refractivity contribution in [1.82, 2.24) is 14.0 Å². The Morgan fingerprint density at radius 3 is 2.63 bits per heavy atom. The van der Waals surface area contributed by atoms with Crippen LogP contribution in [0.5, 0.6) is 0 Å². The topological polar surface area (TPSA) is 65.5 Å². The number of fused-ring (bicyclic) bond motifs is 1. The average Bonchev–Trinajstić information content (AvgIpc) is 3.18. The summed E-state index contributed by atoms with van der Waals surface area (Å²) in [7, 11) is -3.50. The molecular weight excluding hydrogens is 440 g/mol. The first-order chi connectivity index (χ1) is 14.5. The van der Waals surface area contributed by atoms with Gasteiger partial charge in [0.25, 0.3) is 0 Å². The fraction of sp³-hybridized carbons (Fsp3) is 0.381. The van der Waals surface area contributed by atoms with E-state index in [0.29, 0.717) is 11.6 Å². The molecule has 1 N–H and O–H groups in total. The first-order valence-electron chi connectivity index (χ1n) is 10.1. The van der Waals surface area contributed by atoms with Gasteiger partial charge in [-0.1, -0.05) is 29.8 Å². The molecule has 1 aliphatic heterocycles. The first-order valence-corrected chi connectivity index (χ1v) is 12.7. The van der Waals surface area contributed by atoms with Crippen LogP contribution in [0, 0.1) is 0 Å². The lowest BCUT2D eigenvalue weighted by Gasteiger charge is -2.35. The number of sulfonamides is 1. The van der Waals surface area contributed by atoms with E-state index in [0.717, 1.165) is 51.4 Å². The molecule has 0 atom stereocenters. The largest absolute Gasteiger partial charge is 0.353 e. The summed E-state index contributed by atoms with van der Waals surface area (Å²) < 4.78 is 33.2. The summed E-state index contributed by atoms with van der Waals surface area (Å²) in [5, 5.41) is 1.66. The van der Waals surface area contributed by atoms with Crippen molar-refractivity contribution in [3.63, 3.8) is 0 Å². The minimum Gasteiger partial charge on any atom is -0.353 e. The van der Waals surface area contributed by atoms with Crippen molar-refractivity contribution in [1.29, 1.82) is 0 Å². The molecule has 0 saturated carbocycles. The van der Waals surface area contributed by atoms with Crippen LogP contribution < -0.4 is 9.62 Å². The van der Waals surface area contributed by atoms with Crippen molar-refractivity contribution >= 4 is 49.1 Å². The standard InChI is InChI=1S/C21H25ClN4O2S2/c22-17-6-5-7-18(16-17)30(27,28)23-10-3-4-11-25-12-14-26(15-13-25)21-19-8-1-2-9-20(19)29-24-21/h1-2,5-9,16,23H,3-4,10-15H2. The average molecular weight is 465 g/mol. The Hall–Kier alpha value is -1.71. The van der Waals surface area contributed by atoms with Crippen LogP contribution in [0.3, 0.4) is 0 Å². The van der Waals surface area contributed by atoms with E-state index >= 15 is 0 Å². The highest BCUT2D eigenvalue weighted by Gasteiger charge is 2.20. The number of benzene rings is 2. The first kappa shape index (κ1) is 21.5. The lowest BCUT2D eigenvalue weighted by Crippen LogP contribution is -2.46. The molecule has 1 saturated heterocycles. The SMILES string of the molecule is O=S(=O)(NCCCCN1CCN(c2nsc3ccccc23)CC1)c1cccc(Cl)c1. The maximum atomic E-state index is 12.3. The van der Waals surface area contributed by atoms with Gasteiger partial charge in [-0.25, -0.2) is 13.1 Å². The third-order valence-electron chi connectivity index (χ3n) is 5.33. The van der Waals surface area contributed by atoms with Gasteiger partial charge in [-0.05, 0) is 61.3 Å². The van der Waals surface area contributed by atoms with Gasteiger partial charge in [0.05, 0.1) is 9.60 Å². The quantitative estimate of drug-likeness (QED) is 0.513. The molecule has 0 bridgehead atoms. The third-order valence-corrected chi connectivity index (χ3v) is 7.84. The Balaban J connectivity index is 1.18. The van der Waals surface area contributed by atoms with E-state index in [1.807, 2.05) is 0 Å². The van der Waals surface area contributed by atoms with Gasteiger partial charge in [-0.15, -0.1) is 0 Å². The molecule has 6 nitrogen and oxygen atoms in total. The van der Waals surface area contributed by atoms with Crippen LogP contribution in [0.1, 0.15) is 12.8 Å². The van der Waals surface area contributed by atoms with Crippen molar-refractivity contribution in [3.8, 4) is 0 Å². The molecule has 1 fully saturated rings. The van der Waals surface area contributed by atoms with Crippen molar-refractivity contribution in [2.75, 3.05) is 44.2 Å². The van der Waals surface area contributed by atoms with Gasteiger partial charge in [-0.3, -0.25) is 4.90 Å². The predicted octanol–water partition coefficient (Wildman–Crippen LogP) is 3.83. The summed E-state index contributed by atoms with van der Waals surface area (Å²) in [5.41, 5.74) is 0. The molecule has 3 aromatic rings. The molecule has 1 aromatic heterocycles. The molecular formula is C21H25ClN4O2S2. The zero-order valence-corrected chi connectivity index (χ0v) is 19.0. The van der Waals surface area contributed by atoms with Gasteiger partial charge in [-0.2, -0.15) is 4.37 Å². The lowest BCUT2D eigenvalue weighted by atomic mass is 10.2. The summed E-state index contributed by atoms with van der Waals surface area (Å²) in [4.78, 5) is 5.02. The van der Waals surface area contributed by atoms with Crippen LogP contribution in [-0.4, -0.2) is 57.0 Å². The number of nitrogens with zero attached hydrogens (tertiary/aromatic N) is 3. The van der Waals surface area contributed by atoms with Crippen LogP contribution in [0.25, 0.3) is 10.1 Å². The zero-order valence-electron chi connectivity index (χ0n) is 16.6. The molecule has 2 heterocycles. The van der Waals surface area contributed by atoms with E-state index < -0.39 is 10.0 Å². The van der Waals surface area contributed by atoms with Crippen molar-refractivity contribution in [2.45, 2.75) is 17.7 Å². The van der Waals surface area contributed by atoms with Crippen LogP contribution >= 0.6 is 23.1 Å². The number of halogens is 1. The summed E-state index contributed by atoms with van der Waals surface area (Å²) in [6, 6.07) is 14.7. The van der Waals surface area contributed by atoms with Crippen LogP contribution in [0.15, 0.2) is 53.4 Å². The van der Waals surface area contributed by atoms with Gasteiger partial charge in [0, 0.05) is 43.1 Å². The highest BCUT2D eigenvalue weighted by molar-refractivity contribution is 7.89. The molecule has 0 amide bonds. The van der Waals surface area contributed by atoms with Gasteiger partial charge in [0.1, 0.15) is 5.82 Å². The second-order valence-corrected chi connectivity index (χ2v) is 10.4. The Bertz CT molecular complexity index is 1100. The van der Waals surface area contributed by atoms with E-state index in [4.69, 9.17) is 11.6 Å². The second-order valence-electron chi connectivity index (χ2n) is 7.39. The number of piperazine rings is 1. The van der Waals surface area contributed by atoms with Crippen molar-refractivity contribution in [2.24, 2.45) is 0 Å². The lowest BCUT2D eigenvalue weighted by molar-refractivity contribution is 0.253. The van der Waals surface area contributed by atoms with Crippen LogP contribution in [0.2, 0.25) is 5.02 Å². The predicted molar refractivity (Wildman–Crippen MR) is 124 cm³/mol. The number of anilines is 1. The third kappa shape index (κ3) is 5.12. The number of rotatable bonds is 8. The highest BCUT2D eigenvalue weighted by Crippen LogP contribution is 2.29. The molecule has 0 unspecified atom stereocenters. The molecule has 30 heavy (non-hydrogen) atoms. The molecule has 0 radical (unpaired) electrons. The van der Waals surface area contributed by atoms with E-state index in [1.165, 1.54) is 16.2 Å². The van der Waals surface area contributed by atoms with Crippen LogP contribution in [-0.2, 0) is 10.0 Å². The van der Waals surface area contributed by atoms with Gasteiger partial charge >= 0.3 is 0 Å². The zero-order chi connectivity index (χ0) is 21.0. The van der Waals surface area contributed by atoms with E-state index in [2.05, 4.69) is 43.2 Å². The number of nitrogens with one attached hydrogen (secondary N) is 1. The molecule has 0 aliphatic carbocycles. The minimum atomic E-state index is -3.50. The fourth-order valence-corrected chi connectivity index (χ4v) is 5.84. The summed E-state index contributed by atoms with van der Waals surface area (Å²) in [6.45, 7) is 5.34. The smallest absolute Gasteiger partial charge is 0.240 e. The van der Waals surface area contributed by atoms with E-state index in [1.54, 1.807) is 29.7 Å². The number of aromatic nitrogens is 1. The monoisotopic (exact) mass is 464 g/mol. The van der Waals surface area contributed by atoms with E-state index in [-0.39, 0.29) is 4.90 Å². The maximum absolute atomic E-state index is 12.3. The summed E-state index contributed by atoms with van der Waals surface area (Å²) in [5.74, 6) is 1.10. The normalized spacial score (nSPS) is 15.7. The number of unbranched alkanes of at least 4 members (excludes halogenated alkanes) is 1. The molecule has 2 aromatic carbocycles. The summed E-state index contributed by atoms with van der Waals surface area (Å²) >= 11 is 7.45. The highest BCUT2D eigenvalue weighted by atomic mass is 35.5. The molecule has 1 aliphatic rings. The Morgan fingerprint density at radius 2 is 1.83 bits per heavy atom. The molecule has 0 spiro atoms. The number of hydrogen-bond acceptors (Lipinski definition) is 6. The second kappa shape index (κ2) is 9.62. The van der Waals surface area contributed by atoms with Crippen molar-refractivity contribution in [3.05, 3.63) is 53.6 Å². The number of hydrogen-bond donors (Lipinski definition) is 1. The maximum Gasteiger partial charge on any atom is 0.240 e. The van der Waals surface area contributed by atoms with E-state index in [9.17, 15) is 8.42 Å². The Kier molecular flexibility index (Phi) is 6.90. The van der Waals surface area contributed by atoms with Crippen LogP contribution in [0.4, 0.5) is 5.82 Å². The van der Waals surface area contributed by atoms with Crippen molar-refractivity contribution < 1.29 is 8.42 Å². The minimum absolute atomic E-state index is 0.209. The summed E-state index contributed by atoms with van der Waals surface area (Å²) in [6.07, 6.45) is 1.76. The van der Waals surface area contributed by atoms with Gasteiger partial charge in [0.2, 0.25) is 10.0 Å². The Morgan fingerprint density at radius 1 is 1.03 bits per heavy atom. The van der Waals surface area contributed by atoms with Gasteiger partial charge in [0.15, 0.2) is 0 Å². The molecule has 4 rings (SSSR count). The fourth-order valence-electron chi connectivity index (χ4n) is 3.67.